The van der Waals surface area contributed by atoms with Crippen LogP contribution in [0.5, 0.6) is 0 Å². The van der Waals surface area contributed by atoms with Crippen molar-refractivity contribution < 1.29 is 0 Å². The van der Waals surface area contributed by atoms with Crippen molar-refractivity contribution in [2.24, 2.45) is 11.8 Å². The monoisotopic (exact) mass is 184 g/mol. The molecule has 0 radical (unpaired) electrons. The molecule has 0 saturated heterocycles. The third-order valence-electron chi connectivity index (χ3n) is 3.70. The van der Waals surface area contributed by atoms with Crippen LogP contribution in [0.4, 0.5) is 0 Å². The van der Waals surface area contributed by atoms with Crippen LogP contribution in [0.1, 0.15) is 25.7 Å². The smallest absolute Gasteiger partial charge is 0.00205 e. The summed E-state index contributed by atoms with van der Waals surface area (Å²) in [5.41, 5.74) is 3.32. The SMILES string of the molecule is C1=CC2CCCC3=CC=CC3CC2=C1. The summed E-state index contributed by atoms with van der Waals surface area (Å²) in [6.45, 7) is 0. The fraction of sp³-hybridized carbons (Fsp3) is 0.429. The van der Waals surface area contributed by atoms with Gasteiger partial charge in [0.15, 0.2) is 0 Å². The number of hydrogen-bond acceptors (Lipinski definition) is 0. The Hall–Kier alpha value is -1.04. The number of hydrogen-bond donors (Lipinski definition) is 0. The highest BCUT2D eigenvalue weighted by atomic mass is 14.3. The molecule has 0 bridgehead atoms. The van der Waals surface area contributed by atoms with E-state index in [1.54, 1.807) is 11.1 Å². The van der Waals surface area contributed by atoms with E-state index in [0.717, 1.165) is 11.8 Å². The van der Waals surface area contributed by atoms with Gasteiger partial charge in [0.05, 0.1) is 0 Å². The minimum atomic E-state index is 0.726. The van der Waals surface area contributed by atoms with E-state index in [4.69, 9.17) is 0 Å². The Balaban J connectivity index is 1.85. The molecule has 2 atom stereocenters. The van der Waals surface area contributed by atoms with E-state index in [1.165, 1.54) is 25.7 Å². The predicted molar refractivity (Wildman–Crippen MR) is 59.9 cm³/mol. The zero-order valence-corrected chi connectivity index (χ0v) is 8.45. The van der Waals surface area contributed by atoms with Crippen molar-refractivity contribution in [1.82, 2.24) is 0 Å². The maximum Gasteiger partial charge on any atom is 0.00205 e. The highest BCUT2D eigenvalue weighted by Crippen LogP contribution is 2.38. The van der Waals surface area contributed by atoms with Gasteiger partial charge in [-0.2, -0.15) is 0 Å². The summed E-state index contributed by atoms with van der Waals surface area (Å²) in [5, 5.41) is 0. The first-order chi connectivity index (χ1) is 6.93. The van der Waals surface area contributed by atoms with Gasteiger partial charge in [-0.05, 0) is 31.6 Å². The summed E-state index contributed by atoms with van der Waals surface area (Å²) in [7, 11) is 0. The average molecular weight is 184 g/mol. The molecular formula is C14H16. The van der Waals surface area contributed by atoms with Crippen molar-refractivity contribution in [3.63, 3.8) is 0 Å². The van der Waals surface area contributed by atoms with Gasteiger partial charge in [-0.3, -0.25) is 0 Å². The summed E-state index contributed by atoms with van der Waals surface area (Å²) in [6, 6.07) is 0. The zero-order chi connectivity index (χ0) is 9.38. The molecule has 0 spiro atoms. The van der Waals surface area contributed by atoms with E-state index < -0.39 is 0 Å². The van der Waals surface area contributed by atoms with E-state index in [0.29, 0.717) is 0 Å². The molecule has 0 nitrogen and oxygen atoms in total. The normalized spacial score (nSPS) is 34.3. The number of fused-ring (bicyclic) bond motifs is 2. The van der Waals surface area contributed by atoms with E-state index >= 15 is 0 Å². The second kappa shape index (κ2) is 3.27. The Morgan fingerprint density at radius 2 is 1.71 bits per heavy atom. The lowest BCUT2D eigenvalue weighted by molar-refractivity contribution is 0.542. The maximum absolute atomic E-state index is 2.38. The molecule has 72 valence electrons. The van der Waals surface area contributed by atoms with Gasteiger partial charge >= 0.3 is 0 Å². The van der Waals surface area contributed by atoms with Crippen molar-refractivity contribution in [3.05, 3.63) is 47.6 Å². The van der Waals surface area contributed by atoms with Crippen molar-refractivity contribution in [2.45, 2.75) is 25.7 Å². The van der Waals surface area contributed by atoms with Gasteiger partial charge in [0.2, 0.25) is 0 Å². The summed E-state index contributed by atoms with van der Waals surface area (Å²) in [6.07, 6.45) is 19.2. The van der Waals surface area contributed by atoms with E-state index in [2.05, 4.69) is 36.5 Å². The van der Waals surface area contributed by atoms with Gasteiger partial charge in [-0.15, -0.1) is 0 Å². The molecule has 3 aliphatic carbocycles. The van der Waals surface area contributed by atoms with Crippen molar-refractivity contribution in [3.8, 4) is 0 Å². The Morgan fingerprint density at radius 1 is 0.929 bits per heavy atom. The molecular weight excluding hydrogens is 168 g/mol. The first kappa shape index (κ1) is 8.28. The van der Waals surface area contributed by atoms with Gasteiger partial charge in [0.1, 0.15) is 0 Å². The van der Waals surface area contributed by atoms with Crippen molar-refractivity contribution in [1.29, 1.82) is 0 Å². The first-order valence-electron chi connectivity index (χ1n) is 5.68. The molecule has 1 saturated carbocycles. The Labute approximate surface area is 85.7 Å². The third kappa shape index (κ3) is 1.30. The van der Waals surface area contributed by atoms with Crippen LogP contribution in [0, 0.1) is 11.8 Å². The maximum atomic E-state index is 2.38. The minimum Gasteiger partial charge on any atom is -0.0773 e. The van der Waals surface area contributed by atoms with Crippen LogP contribution in [0.3, 0.4) is 0 Å². The average Bonchev–Trinajstić information content (AvgIpc) is 2.75. The molecule has 0 aromatic rings. The number of rotatable bonds is 0. The van der Waals surface area contributed by atoms with Gasteiger partial charge in [0.25, 0.3) is 0 Å². The highest BCUT2D eigenvalue weighted by Gasteiger charge is 2.24. The lowest BCUT2D eigenvalue weighted by Gasteiger charge is -2.23. The van der Waals surface area contributed by atoms with Crippen LogP contribution in [-0.4, -0.2) is 0 Å². The molecule has 0 aromatic carbocycles. The van der Waals surface area contributed by atoms with Crippen LogP contribution < -0.4 is 0 Å². The summed E-state index contributed by atoms with van der Waals surface area (Å²) >= 11 is 0. The largest absolute Gasteiger partial charge is 0.0773 e. The number of allylic oxidation sites excluding steroid dienone is 8. The Bertz CT molecular complexity index is 352. The fourth-order valence-electron chi connectivity index (χ4n) is 2.87. The summed E-state index contributed by atoms with van der Waals surface area (Å²) < 4.78 is 0. The van der Waals surface area contributed by atoms with Crippen LogP contribution in [0.15, 0.2) is 47.6 Å². The molecule has 1 fully saturated rings. The van der Waals surface area contributed by atoms with Crippen molar-refractivity contribution in [2.75, 3.05) is 0 Å². The predicted octanol–water partition coefficient (Wildman–Crippen LogP) is 3.79. The second-order valence-electron chi connectivity index (χ2n) is 4.56. The molecule has 0 heteroatoms. The van der Waals surface area contributed by atoms with Crippen LogP contribution in [0.2, 0.25) is 0 Å². The van der Waals surface area contributed by atoms with Gasteiger partial charge in [0, 0.05) is 5.92 Å². The molecule has 0 N–H and O–H groups in total. The van der Waals surface area contributed by atoms with Crippen molar-refractivity contribution >= 4 is 0 Å². The summed E-state index contributed by atoms with van der Waals surface area (Å²) in [5.74, 6) is 1.49. The summed E-state index contributed by atoms with van der Waals surface area (Å²) in [4.78, 5) is 0. The molecule has 0 heterocycles. The van der Waals surface area contributed by atoms with E-state index in [1.807, 2.05) is 0 Å². The van der Waals surface area contributed by atoms with Gasteiger partial charge in [-0.1, -0.05) is 47.6 Å². The van der Waals surface area contributed by atoms with Crippen LogP contribution in [0.25, 0.3) is 0 Å². The topological polar surface area (TPSA) is 0 Å². The molecule has 3 rings (SSSR count). The Morgan fingerprint density at radius 3 is 2.64 bits per heavy atom. The highest BCUT2D eigenvalue weighted by molar-refractivity contribution is 5.35. The van der Waals surface area contributed by atoms with Crippen LogP contribution in [-0.2, 0) is 0 Å². The molecule has 14 heavy (non-hydrogen) atoms. The zero-order valence-electron chi connectivity index (χ0n) is 8.45. The molecule has 2 unspecified atom stereocenters. The quantitative estimate of drug-likeness (QED) is 0.537. The molecule has 0 amide bonds. The lowest BCUT2D eigenvalue weighted by atomic mass is 9.82. The Kier molecular flexibility index (Phi) is 1.93. The minimum absolute atomic E-state index is 0.726. The molecule has 0 aliphatic heterocycles. The third-order valence-corrected chi connectivity index (χ3v) is 3.70. The fourth-order valence-corrected chi connectivity index (χ4v) is 2.87. The molecule has 0 aromatic heterocycles. The second-order valence-corrected chi connectivity index (χ2v) is 4.56. The van der Waals surface area contributed by atoms with E-state index in [-0.39, 0.29) is 0 Å². The molecule has 3 aliphatic rings. The van der Waals surface area contributed by atoms with Crippen LogP contribution >= 0.6 is 0 Å². The standard InChI is InChI=1S/C14H16/c1-4-11-6-2-8-13(11)10-14-9-3-7-12(14)5-1/h2-3,6-9,11,14H,1,4-5,10H2. The van der Waals surface area contributed by atoms with E-state index in [9.17, 15) is 0 Å². The van der Waals surface area contributed by atoms with Gasteiger partial charge < -0.3 is 0 Å². The lowest BCUT2D eigenvalue weighted by Crippen LogP contribution is -2.09. The first-order valence-corrected chi connectivity index (χ1v) is 5.68. The van der Waals surface area contributed by atoms with Gasteiger partial charge in [-0.25, -0.2) is 0 Å².